The van der Waals surface area contributed by atoms with Crippen LogP contribution in [0.3, 0.4) is 0 Å². The van der Waals surface area contributed by atoms with E-state index in [1.807, 2.05) is 56.3 Å². The average molecular weight is 346 g/mol. The van der Waals surface area contributed by atoms with Crippen LogP contribution in [0.5, 0.6) is 0 Å². The summed E-state index contributed by atoms with van der Waals surface area (Å²) in [6.07, 6.45) is 0. The molecule has 0 radical (unpaired) electrons. The van der Waals surface area contributed by atoms with Gasteiger partial charge in [-0.2, -0.15) is 0 Å². The minimum Gasteiger partial charge on any atom is -0.339 e. The minimum absolute atomic E-state index is 0.0312. The van der Waals surface area contributed by atoms with Gasteiger partial charge in [0.15, 0.2) is 0 Å². The quantitative estimate of drug-likeness (QED) is 0.735. The van der Waals surface area contributed by atoms with E-state index in [4.69, 9.17) is 0 Å². The second-order valence-corrected chi connectivity index (χ2v) is 6.04. The predicted molar refractivity (Wildman–Crippen MR) is 106 cm³/mol. The molecule has 3 aromatic carbocycles. The summed E-state index contributed by atoms with van der Waals surface area (Å²) in [5, 5.41) is 4.84. The molecule has 26 heavy (non-hydrogen) atoms. The van der Waals surface area contributed by atoms with Crippen LogP contribution >= 0.6 is 0 Å². The number of hydrogen-bond donors (Lipinski definition) is 1. The molecule has 0 saturated heterocycles. The highest BCUT2D eigenvalue weighted by Crippen LogP contribution is 2.20. The predicted octanol–water partition coefficient (Wildman–Crippen LogP) is 4.57. The Balaban J connectivity index is 1.86. The molecule has 0 bridgehead atoms. The van der Waals surface area contributed by atoms with Gasteiger partial charge in [-0.05, 0) is 48.9 Å². The molecule has 1 N–H and O–H groups in total. The van der Waals surface area contributed by atoms with Gasteiger partial charge in [-0.15, -0.1) is 0 Å². The second-order valence-electron chi connectivity index (χ2n) is 6.04. The molecule has 4 heteroatoms. The van der Waals surface area contributed by atoms with Crippen molar-refractivity contribution in [3.63, 3.8) is 0 Å². The molecule has 0 aromatic heterocycles. The third kappa shape index (κ3) is 3.59. The zero-order valence-electron chi connectivity index (χ0n) is 15.0. The summed E-state index contributed by atoms with van der Waals surface area (Å²) in [7, 11) is 0. The smallest absolute Gasteiger partial charge is 0.256 e. The molecule has 0 unspecified atom stereocenters. The Bertz CT molecular complexity index is 940. The maximum absolute atomic E-state index is 12.7. The van der Waals surface area contributed by atoms with Crippen molar-refractivity contribution in [1.29, 1.82) is 0 Å². The van der Waals surface area contributed by atoms with E-state index in [0.717, 1.165) is 10.8 Å². The monoisotopic (exact) mass is 346 g/mol. The van der Waals surface area contributed by atoms with Crippen LogP contribution in [-0.2, 0) is 0 Å². The summed E-state index contributed by atoms with van der Waals surface area (Å²) >= 11 is 0. The molecular formula is C22H22N2O2. The van der Waals surface area contributed by atoms with Crippen LogP contribution in [0.1, 0.15) is 34.6 Å². The summed E-state index contributed by atoms with van der Waals surface area (Å²) in [5.41, 5.74) is 1.80. The van der Waals surface area contributed by atoms with Crippen LogP contribution in [-0.4, -0.2) is 29.8 Å². The molecule has 0 saturated carbocycles. The molecule has 0 spiro atoms. The van der Waals surface area contributed by atoms with Gasteiger partial charge in [0.25, 0.3) is 11.8 Å². The fourth-order valence-electron chi connectivity index (χ4n) is 3.05. The van der Waals surface area contributed by atoms with Gasteiger partial charge >= 0.3 is 0 Å². The first kappa shape index (κ1) is 17.7. The number of rotatable bonds is 5. The Hall–Kier alpha value is -3.14. The standard InChI is InChI=1S/C22H22N2O2/c1-3-24(4-2)22(26)17-11-7-12-18(15-17)23-21(25)20-14-8-10-16-9-5-6-13-19(16)20/h5-15H,3-4H2,1-2H3,(H,23,25). The summed E-state index contributed by atoms with van der Waals surface area (Å²) in [6.45, 7) is 5.21. The van der Waals surface area contributed by atoms with Gasteiger partial charge in [-0.1, -0.05) is 42.5 Å². The molecule has 0 atom stereocenters. The van der Waals surface area contributed by atoms with Gasteiger partial charge in [0, 0.05) is 29.9 Å². The van der Waals surface area contributed by atoms with Crippen molar-refractivity contribution in [3.05, 3.63) is 77.9 Å². The molecule has 0 aliphatic heterocycles. The molecule has 3 rings (SSSR count). The zero-order valence-corrected chi connectivity index (χ0v) is 15.0. The lowest BCUT2D eigenvalue weighted by atomic mass is 10.0. The van der Waals surface area contributed by atoms with Gasteiger partial charge in [-0.3, -0.25) is 9.59 Å². The Morgan fingerprint density at radius 2 is 1.58 bits per heavy atom. The Morgan fingerprint density at radius 3 is 2.35 bits per heavy atom. The van der Waals surface area contributed by atoms with Crippen molar-refractivity contribution in [1.82, 2.24) is 4.90 Å². The van der Waals surface area contributed by atoms with E-state index in [9.17, 15) is 9.59 Å². The second kappa shape index (κ2) is 7.83. The van der Waals surface area contributed by atoms with E-state index in [1.165, 1.54) is 0 Å². The van der Waals surface area contributed by atoms with Crippen molar-refractivity contribution in [3.8, 4) is 0 Å². The maximum Gasteiger partial charge on any atom is 0.256 e. The largest absolute Gasteiger partial charge is 0.339 e. The van der Waals surface area contributed by atoms with Crippen LogP contribution in [0.25, 0.3) is 10.8 Å². The first-order valence-corrected chi connectivity index (χ1v) is 8.82. The van der Waals surface area contributed by atoms with E-state index in [1.54, 1.807) is 29.2 Å². The van der Waals surface area contributed by atoms with Crippen molar-refractivity contribution in [2.24, 2.45) is 0 Å². The first-order chi connectivity index (χ1) is 12.6. The number of hydrogen-bond acceptors (Lipinski definition) is 2. The van der Waals surface area contributed by atoms with Gasteiger partial charge < -0.3 is 10.2 Å². The fourth-order valence-corrected chi connectivity index (χ4v) is 3.05. The average Bonchev–Trinajstić information content (AvgIpc) is 2.68. The topological polar surface area (TPSA) is 49.4 Å². The summed E-state index contributed by atoms with van der Waals surface area (Å²) in [6, 6.07) is 20.5. The third-order valence-corrected chi connectivity index (χ3v) is 4.45. The van der Waals surface area contributed by atoms with E-state index < -0.39 is 0 Å². The number of nitrogens with one attached hydrogen (secondary N) is 1. The van der Waals surface area contributed by atoms with Crippen LogP contribution in [0.4, 0.5) is 5.69 Å². The molecule has 4 nitrogen and oxygen atoms in total. The lowest BCUT2D eigenvalue weighted by Crippen LogP contribution is -2.30. The van der Waals surface area contributed by atoms with E-state index in [0.29, 0.717) is 29.9 Å². The van der Waals surface area contributed by atoms with Crippen molar-refractivity contribution in [2.45, 2.75) is 13.8 Å². The van der Waals surface area contributed by atoms with Crippen molar-refractivity contribution >= 4 is 28.3 Å². The summed E-state index contributed by atoms with van der Waals surface area (Å²) < 4.78 is 0. The van der Waals surface area contributed by atoms with Gasteiger partial charge in [0.1, 0.15) is 0 Å². The lowest BCUT2D eigenvalue weighted by Gasteiger charge is -2.19. The highest BCUT2D eigenvalue weighted by molar-refractivity contribution is 6.13. The number of nitrogens with zero attached hydrogens (tertiary/aromatic N) is 1. The summed E-state index contributed by atoms with van der Waals surface area (Å²) in [4.78, 5) is 27.0. The van der Waals surface area contributed by atoms with Crippen LogP contribution in [0.15, 0.2) is 66.7 Å². The van der Waals surface area contributed by atoms with Gasteiger partial charge in [0.05, 0.1) is 0 Å². The number of fused-ring (bicyclic) bond motifs is 1. The maximum atomic E-state index is 12.7. The van der Waals surface area contributed by atoms with Crippen LogP contribution in [0.2, 0.25) is 0 Å². The molecule has 0 aliphatic carbocycles. The SMILES string of the molecule is CCN(CC)C(=O)c1cccc(NC(=O)c2cccc3ccccc23)c1. The first-order valence-electron chi connectivity index (χ1n) is 8.82. The number of carbonyl (C=O) groups excluding carboxylic acids is 2. The van der Waals surface area contributed by atoms with E-state index in [-0.39, 0.29) is 11.8 Å². The number of anilines is 1. The van der Waals surface area contributed by atoms with Crippen molar-refractivity contribution < 1.29 is 9.59 Å². The van der Waals surface area contributed by atoms with Gasteiger partial charge in [-0.25, -0.2) is 0 Å². The fraction of sp³-hybridized carbons (Fsp3) is 0.182. The van der Waals surface area contributed by atoms with Crippen LogP contribution in [0, 0.1) is 0 Å². The highest BCUT2D eigenvalue weighted by Gasteiger charge is 2.14. The highest BCUT2D eigenvalue weighted by atomic mass is 16.2. The molecule has 0 heterocycles. The zero-order chi connectivity index (χ0) is 18.5. The van der Waals surface area contributed by atoms with Crippen LogP contribution < -0.4 is 5.32 Å². The lowest BCUT2D eigenvalue weighted by molar-refractivity contribution is 0.0772. The Morgan fingerprint density at radius 1 is 0.885 bits per heavy atom. The number of amides is 2. The molecule has 0 fully saturated rings. The van der Waals surface area contributed by atoms with Gasteiger partial charge in [0.2, 0.25) is 0 Å². The molecule has 2 amide bonds. The number of benzene rings is 3. The molecule has 3 aromatic rings. The van der Waals surface area contributed by atoms with E-state index >= 15 is 0 Å². The molecule has 0 aliphatic rings. The summed E-state index contributed by atoms with van der Waals surface area (Å²) in [5.74, 6) is -0.217. The Kier molecular flexibility index (Phi) is 5.32. The van der Waals surface area contributed by atoms with E-state index in [2.05, 4.69) is 5.32 Å². The van der Waals surface area contributed by atoms with Crippen molar-refractivity contribution in [2.75, 3.05) is 18.4 Å². The third-order valence-electron chi connectivity index (χ3n) is 4.45. The number of carbonyl (C=O) groups is 2. The molecular weight excluding hydrogens is 324 g/mol. The molecule has 132 valence electrons. The Labute approximate surface area is 153 Å². The normalized spacial score (nSPS) is 10.5. The minimum atomic E-state index is -0.186.